The van der Waals surface area contributed by atoms with Gasteiger partial charge in [0.15, 0.2) is 0 Å². The zero-order valence-electron chi connectivity index (χ0n) is 16.3. The number of aromatic nitrogens is 2. The number of amides is 1. The number of nitrogens with zero attached hydrogens (tertiary/aromatic N) is 4. The summed E-state index contributed by atoms with van der Waals surface area (Å²) in [5.41, 5.74) is 3.48. The lowest BCUT2D eigenvalue weighted by Crippen LogP contribution is -2.48. The second kappa shape index (κ2) is 7.94. The number of benzene rings is 1. The lowest BCUT2D eigenvalue weighted by Gasteiger charge is -2.35. The van der Waals surface area contributed by atoms with Gasteiger partial charge in [-0.2, -0.15) is 0 Å². The van der Waals surface area contributed by atoms with Crippen LogP contribution in [0.5, 0.6) is 5.75 Å². The first-order chi connectivity index (χ1) is 13.6. The number of hydrogen-bond donors (Lipinski definition) is 0. The molecule has 6 heteroatoms. The van der Waals surface area contributed by atoms with Crippen LogP contribution in [0.2, 0.25) is 0 Å². The van der Waals surface area contributed by atoms with Crippen LogP contribution in [0.4, 0.5) is 0 Å². The summed E-state index contributed by atoms with van der Waals surface area (Å²) in [5, 5.41) is 0.949. The largest absolute Gasteiger partial charge is 0.497 e. The van der Waals surface area contributed by atoms with Crippen LogP contribution in [0.25, 0.3) is 10.9 Å². The number of pyridine rings is 2. The quantitative estimate of drug-likeness (QED) is 0.701. The molecule has 0 radical (unpaired) electrons. The monoisotopic (exact) mass is 376 g/mol. The third-order valence-corrected chi connectivity index (χ3v) is 5.23. The molecule has 3 aromatic rings. The molecule has 0 saturated carbocycles. The first-order valence-corrected chi connectivity index (χ1v) is 9.50. The van der Waals surface area contributed by atoms with Gasteiger partial charge in [0.05, 0.1) is 23.9 Å². The van der Waals surface area contributed by atoms with Crippen molar-refractivity contribution in [3.05, 3.63) is 65.6 Å². The van der Waals surface area contributed by atoms with Gasteiger partial charge in [-0.25, -0.2) is 0 Å². The van der Waals surface area contributed by atoms with Gasteiger partial charge in [-0.15, -0.1) is 0 Å². The van der Waals surface area contributed by atoms with Crippen molar-refractivity contribution in [2.45, 2.75) is 13.5 Å². The number of carbonyl (C=O) groups excluding carboxylic acids is 1. The SMILES string of the molecule is COc1ccc2cc(C(=O)N3CCN(Cc4cccnc4)CC3)c(C)nc2c1. The van der Waals surface area contributed by atoms with Crippen LogP contribution in [0.3, 0.4) is 0 Å². The number of carbonyl (C=O) groups is 1. The van der Waals surface area contributed by atoms with Crippen molar-refractivity contribution in [3.8, 4) is 5.75 Å². The standard InChI is InChI=1S/C22H24N4O2/c1-16-20(12-18-5-6-19(28-2)13-21(18)24-16)22(27)26-10-8-25(9-11-26)15-17-4-3-7-23-14-17/h3-7,12-14H,8-11,15H2,1-2H3. The number of piperazine rings is 1. The van der Waals surface area contributed by atoms with Crippen LogP contribution in [0.1, 0.15) is 21.6 Å². The molecule has 6 nitrogen and oxygen atoms in total. The number of hydrogen-bond acceptors (Lipinski definition) is 5. The Labute approximate surface area is 164 Å². The Kier molecular flexibility index (Phi) is 5.21. The minimum atomic E-state index is 0.0590. The fraction of sp³-hybridized carbons (Fsp3) is 0.318. The maximum atomic E-state index is 13.1. The van der Waals surface area contributed by atoms with Crippen LogP contribution in [0.15, 0.2) is 48.8 Å². The topological polar surface area (TPSA) is 58.6 Å². The van der Waals surface area contributed by atoms with Crippen molar-refractivity contribution in [2.24, 2.45) is 0 Å². The highest BCUT2D eigenvalue weighted by atomic mass is 16.5. The number of aryl methyl sites for hydroxylation is 1. The van der Waals surface area contributed by atoms with E-state index in [9.17, 15) is 4.79 Å². The van der Waals surface area contributed by atoms with Gasteiger partial charge in [0, 0.05) is 56.6 Å². The molecule has 0 spiro atoms. The summed E-state index contributed by atoms with van der Waals surface area (Å²) in [6.45, 7) is 5.92. The molecule has 144 valence electrons. The van der Waals surface area contributed by atoms with Crippen molar-refractivity contribution in [3.63, 3.8) is 0 Å². The molecule has 1 aromatic carbocycles. The molecule has 1 aliphatic heterocycles. The summed E-state index contributed by atoms with van der Waals surface area (Å²) in [4.78, 5) is 26.2. The third kappa shape index (κ3) is 3.82. The summed E-state index contributed by atoms with van der Waals surface area (Å²) >= 11 is 0. The van der Waals surface area contributed by atoms with Crippen molar-refractivity contribution in [1.29, 1.82) is 0 Å². The van der Waals surface area contributed by atoms with Crippen molar-refractivity contribution >= 4 is 16.8 Å². The molecule has 0 atom stereocenters. The van der Waals surface area contributed by atoms with E-state index in [-0.39, 0.29) is 5.91 Å². The molecule has 4 rings (SSSR count). The van der Waals surface area contributed by atoms with E-state index in [1.165, 1.54) is 5.56 Å². The number of fused-ring (bicyclic) bond motifs is 1. The van der Waals surface area contributed by atoms with E-state index >= 15 is 0 Å². The molecule has 0 unspecified atom stereocenters. The van der Waals surface area contributed by atoms with Crippen molar-refractivity contribution in [2.75, 3.05) is 33.3 Å². The van der Waals surface area contributed by atoms with Crippen LogP contribution < -0.4 is 4.74 Å². The normalized spacial score (nSPS) is 15.0. The molecular weight excluding hydrogens is 352 g/mol. The Bertz CT molecular complexity index is 982. The molecule has 0 bridgehead atoms. The highest BCUT2D eigenvalue weighted by Gasteiger charge is 2.24. The fourth-order valence-electron chi connectivity index (χ4n) is 3.62. The molecule has 3 heterocycles. The van der Waals surface area contributed by atoms with E-state index in [2.05, 4.69) is 20.9 Å². The van der Waals surface area contributed by atoms with Gasteiger partial charge in [-0.3, -0.25) is 19.7 Å². The predicted octanol–water partition coefficient (Wildman–Crippen LogP) is 2.90. The maximum Gasteiger partial charge on any atom is 0.255 e. The number of methoxy groups -OCH3 is 1. The molecule has 2 aromatic heterocycles. The zero-order valence-corrected chi connectivity index (χ0v) is 16.3. The Balaban J connectivity index is 1.45. The minimum Gasteiger partial charge on any atom is -0.497 e. The van der Waals surface area contributed by atoms with E-state index in [0.29, 0.717) is 5.56 Å². The lowest BCUT2D eigenvalue weighted by atomic mass is 10.1. The molecule has 1 fully saturated rings. The van der Waals surface area contributed by atoms with E-state index in [4.69, 9.17) is 4.74 Å². The van der Waals surface area contributed by atoms with Crippen LogP contribution >= 0.6 is 0 Å². The van der Waals surface area contributed by atoms with Crippen molar-refractivity contribution in [1.82, 2.24) is 19.8 Å². The summed E-state index contributed by atoms with van der Waals surface area (Å²) in [7, 11) is 1.64. The maximum absolute atomic E-state index is 13.1. The average Bonchev–Trinajstić information content (AvgIpc) is 2.73. The second-order valence-electron chi connectivity index (χ2n) is 7.11. The number of rotatable bonds is 4. The van der Waals surface area contributed by atoms with Crippen LogP contribution in [-0.2, 0) is 6.54 Å². The minimum absolute atomic E-state index is 0.0590. The highest BCUT2D eigenvalue weighted by Crippen LogP contribution is 2.23. The summed E-state index contributed by atoms with van der Waals surface area (Å²) in [5.74, 6) is 0.826. The first-order valence-electron chi connectivity index (χ1n) is 9.50. The van der Waals surface area contributed by atoms with E-state index in [1.807, 2.05) is 48.4 Å². The van der Waals surface area contributed by atoms with Crippen LogP contribution in [0, 0.1) is 6.92 Å². The van der Waals surface area contributed by atoms with Gasteiger partial charge in [0.25, 0.3) is 5.91 Å². The van der Waals surface area contributed by atoms with Crippen molar-refractivity contribution < 1.29 is 9.53 Å². The van der Waals surface area contributed by atoms with E-state index in [1.54, 1.807) is 13.3 Å². The highest BCUT2D eigenvalue weighted by molar-refractivity contribution is 5.98. The Morgan fingerprint density at radius 2 is 1.96 bits per heavy atom. The second-order valence-corrected chi connectivity index (χ2v) is 7.11. The molecule has 0 aliphatic carbocycles. The Morgan fingerprint density at radius 3 is 2.68 bits per heavy atom. The summed E-state index contributed by atoms with van der Waals surface area (Å²) in [6.07, 6.45) is 3.69. The molecule has 1 aliphatic rings. The average molecular weight is 376 g/mol. The van der Waals surface area contributed by atoms with Gasteiger partial charge in [-0.05, 0) is 36.8 Å². The van der Waals surface area contributed by atoms with Gasteiger partial charge < -0.3 is 9.64 Å². The molecule has 28 heavy (non-hydrogen) atoms. The fourth-order valence-corrected chi connectivity index (χ4v) is 3.62. The van der Waals surface area contributed by atoms with Gasteiger partial charge in [0.1, 0.15) is 5.75 Å². The predicted molar refractivity (Wildman–Crippen MR) is 108 cm³/mol. The Morgan fingerprint density at radius 1 is 1.14 bits per heavy atom. The molecular formula is C22H24N4O2. The first kappa shape index (κ1) is 18.4. The summed E-state index contributed by atoms with van der Waals surface area (Å²) < 4.78 is 5.26. The van der Waals surface area contributed by atoms with Gasteiger partial charge >= 0.3 is 0 Å². The van der Waals surface area contributed by atoms with Gasteiger partial charge in [0.2, 0.25) is 0 Å². The third-order valence-electron chi connectivity index (χ3n) is 5.23. The number of ether oxygens (including phenoxy) is 1. The Hall–Kier alpha value is -2.99. The van der Waals surface area contributed by atoms with Gasteiger partial charge in [-0.1, -0.05) is 6.07 Å². The van der Waals surface area contributed by atoms with Crippen LogP contribution in [-0.4, -0.2) is 59.0 Å². The molecule has 1 amide bonds. The van der Waals surface area contributed by atoms with E-state index in [0.717, 1.165) is 55.1 Å². The smallest absolute Gasteiger partial charge is 0.255 e. The lowest BCUT2D eigenvalue weighted by molar-refractivity contribution is 0.0627. The summed E-state index contributed by atoms with van der Waals surface area (Å²) in [6, 6.07) is 11.7. The van der Waals surface area contributed by atoms with E-state index < -0.39 is 0 Å². The molecule has 0 N–H and O–H groups in total. The molecule has 1 saturated heterocycles. The zero-order chi connectivity index (χ0) is 19.5.